The van der Waals surface area contributed by atoms with Gasteiger partial charge in [-0.05, 0) is 43.4 Å². The van der Waals surface area contributed by atoms with E-state index in [-0.39, 0.29) is 11.9 Å². The maximum atomic E-state index is 12.9. The molecule has 1 amide bonds. The van der Waals surface area contributed by atoms with E-state index in [0.717, 1.165) is 49.5 Å². The van der Waals surface area contributed by atoms with E-state index in [2.05, 4.69) is 0 Å². The summed E-state index contributed by atoms with van der Waals surface area (Å²) >= 11 is 1.68. The lowest BCUT2D eigenvalue weighted by Crippen LogP contribution is -2.34. The molecule has 1 saturated heterocycles. The molecule has 0 aliphatic carbocycles. The molecule has 3 heterocycles. The molecule has 1 atom stereocenters. The fraction of sp³-hybridized carbons (Fsp3) is 0.471. The van der Waals surface area contributed by atoms with Gasteiger partial charge in [0, 0.05) is 6.54 Å². The zero-order chi connectivity index (χ0) is 15.4. The smallest absolute Gasteiger partial charge is 0.290 e. The number of carbonyl (C=O) groups is 1. The van der Waals surface area contributed by atoms with Gasteiger partial charge in [0.2, 0.25) is 0 Å². The monoisotopic (exact) mass is 319 g/mol. The first kappa shape index (κ1) is 15.3. The Morgan fingerprint density at radius 3 is 3.00 bits per heavy atom. The van der Waals surface area contributed by atoms with Gasteiger partial charge in [-0.2, -0.15) is 11.8 Å². The molecule has 1 aliphatic heterocycles. The maximum Gasteiger partial charge on any atom is 0.290 e. The molecular weight excluding hydrogens is 298 g/mol. The molecule has 118 valence electrons. The molecule has 0 bridgehead atoms. The second-order valence-electron chi connectivity index (χ2n) is 5.58. The molecule has 3 rings (SSSR count). The van der Waals surface area contributed by atoms with Gasteiger partial charge in [-0.25, -0.2) is 0 Å². The molecule has 2 aromatic rings. The van der Waals surface area contributed by atoms with E-state index in [4.69, 9.17) is 8.83 Å². The lowest BCUT2D eigenvalue weighted by atomic mass is 10.1. The summed E-state index contributed by atoms with van der Waals surface area (Å²) in [5.74, 6) is 2.90. The Balaban J connectivity index is 1.83. The summed E-state index contributed by atoms with van der Waals surface area (Å²) in [4.78, 5) is 14.8. The van der Waals surface area contributed by atoms with Gasteiger partial charge in [0.15, 0.2) is 5.76 Å². The van der Waals surface area contributed by atoms with Gasteiger partial charge in [0.05, 0.1) is 18.1 Å². The van der Waals surface area contributed by atoms with E-state index in [1.54, 1.807) is 24.1 Å². The van der Waals surface area contributed by atoms with E-state index >= 15 is 0 Å². The highest BCUT2D eigenvalue weighted by molar-refractivity contribution is 7.97. The van der Waals surface area contributed by atoms with Crippen LogP contribution in [0, 0.1) is 0 Å². The Hall–Kier alpha value is -1.62. The standard InChI is InChI=1S/C17H21NO3S/c1-22-12-13-8-9-16(21-13)17(19)18-10-4-2-3-6-14(18)15-7-5-11-20-15/h5,7-9,11,14H,2-4,6,10,12H2,1H3/t14-/m0/s1. The Labute approximate surface area is 134 Å². The van der Waals surface area contributed by atoms with Crippen LogP contribution in [0.5, 0.6) is 0 Å². The second-order valence-corrected chi connectivity index (χ2v) is 6.44. The van der Waals surface area contributed by atoms with Crippen molar-refractivity contribution in [3.63, 3.8) is 0 Å². The summed E-state index contributed by atoms with van der Waals surface area (Å²) in [7, 11) is 0. The van der Waals surface area contributed by atoms with Crippen molar-refractivity contribution in [1.82, 2.24) is 4.90 Å². The molecule has 0 N–H and O–H groups in total. The maximum absolute atomic E-state index is 12.9. The third-order valence-corrected chi connectivity index (χ3v) is 4.62. The van der Waals surface area contributed by atoms with Crippen LogP contribution in [0.1, 0.15) is 53.8 Å². The molecule has 0 radical (unpaired) electrons. The normalized spacial score (nSPS) is 19.1. The predicted molar refractivity (Wildman–Crippen MR) is 86.9 cm³/mol. The quantitative estimate of drug-likeness (QED) is 0.833. The van der Waals surface area contributed by atoms with Crippen LogP contribution in [-0.2, 0) is 5.75 Å². The van der Waals surface area contributed by atoms with Crippen molar-refractivity contribution in [2.75, 3.05) is 12.8 Å². The number of carbonyl (C=O) groups excluding carboxylic acids is 1. The first-order valence-electron chi connectivity index (χ1n) is 7.71. The summed E-state index contributed by atoms with van der Waals surface area (Å²) in [6.45, 7) is 0.753. The Bertz CT molecular complexity index is 605. The van der Waals surface area contributed by atoms with Crippen molar-refractivity contribution in [1.29, 1.82) is 0 Å². The molecule has 0 saturated carbocycles. The number of amides is 1. The molecule has 4 nitrogen and oxygen atoms in total. The van der Waals surface area contributed by atoms with E-state index < -0.39 is 0 Å². The van der Waals surface area contributed by atoms with Crippen molar-refractivity contribution in [3.8, 4) is 0 Å². The highest BCUT2D eigenvalue weighted by Crippen LogP contribution is 2.32. The number of rotatable bonds is 4. The highest BCUT2D eigenvalue weighted by atomic mass is 32.2. The summed E-state index contributed by atoms with van der Waals surface area (Å²) in [5.41, 5.74) is 0. The van der Waals surface area contributed by atoms with Crippen molar-refractivity contribution in [2.45, 2.75) is 37.5 Å². The molecule has 0 spiro atoms. The molecular formula is C17H21NO3S. The molecule has 1 fully saturated rings. The van der Waals surface area contributed by atoms with Crippen LogP contribution in [0.25, 0.3) is 0 Å². The number of nitrogens with zero attached hydrogens (tertiary/aromatic N) is 1. The third kappa shape index (κ3) is 3.24. The number of hydrogen-bond donors (Lipinski definition) is 0. The number of likely N-dealkylation sites (tertiary alicyclic amines) is 1. The highest BCUT2D eigenvalue weighted by Gasteiger charge is 2.30. The molecule has 5 heteroatoms. The minimum Gasteiger partial charge on any atom is -0.467 e. The predicted octanol–water partition coefficient (Wildman–Crippen LogP) is 4.49. The number of furan rings is 2. The van der Waals surface area contributed by atoms with Gasteiger partial charge in [-0.3, -0.25) is 4.79 Å². The van der Waals surface area contributed by atoms with Gasteiger partial charge >= 0.3 is 0 Å². The first-order chi connectivity index (χ1) is 10.8. The third-order valence-electron chi connectivity index (χ3n) is 4.04. The molecule has 2 aromatic heterocycles. The summed E-state index contributed by atoms with van der Waals surface area (Å²) < 4.78 is 11.3. The second kappa shape index (κ2) is 7.09. The average molecular weight is 319 g/mol. The van der Waals surface area contributed by atoms with Crippen LogP contribution < -0.4 is 0 Å². The Morgan fingerprint density at radius 1 is 1.32 bits per heavy atom. The van der Waals surface area contributed by atoms with Crippen LogP contribution >= 0.6 is 11.8 Å². The van der Waals surface area contributed by atoms with Crippen molar-refractivity contribution in [3.05, 3.63) is 47.8 Å². The minimum atomic E-state index is -0.0318. The van der Waals surface area contributed by atoms with Gasteiger partial charge in [0.25, 0.3) is 5.91 Å². The van der Waals surface area contributed by atoms with Gasteiger partial charge in [0.1, 0.15) is 11.5 Å². The summed E-state index contributed by atoms with van der Waals surface area (Å²) in [5, 5.41) is 0. The number of thioether (sulfide) groups is 1. The van der Waals surface area contributed by atoms with Crippen LogP contribution in [0.15, 0.2) is 39.4 Å². The van der Waals surface area contributed by atoms with Gasteiger partial charge in [-0.15, -0.1) is 0 Å². The van der Waals surface area contributed by atoms with E-state index in [0.29, 0.717) is 5.76 Å². The molecule has 22 heavy (non-hydrogen) atoms. The van der Waals surface area contributed by atoms with Gasteiger partial charge < -0.3 is 13.7 Å². The number of hydrogen-bond acceptors (Lipinski definition) is 4. The molecule has 0 aromatic carbocycles. The van der Waals surface area contributed by atoms with Gasteiger partial charge in [-0.1, -0.05) is 12.8 Å². The largest absolute Gasteiger partial charge is 0.467 e. The van der Waals surface area contributed by atoms with Crippen LogP contribution in [-0.4, -0.2) is 23.6 Å². The summed E-state index contributed by atoms with van der Waals surface area (Å²) in [6.07, 6.45) is 7.93. The minimum absolute atomic E-state index is 0.0131. The molecule has 1 aliphatic rings. The zero-order valence-corrected chi connectivity index (χ0v) is 13.6. The van der Waals surface area contributed by atoms with Crippen molar-refractivity contribution >= 4 is 17.7 Å². The zero-order valence-electron chi connectivity index (χ0n) is 12.8. The van der Waals surface area contributed by atoms with E-state index in [9.17, 15) is 4.79 Å². The van der Waals surface area contributed by atoms with Crippen molar-refractivity contribution in [2.24, 2.45) is 0 Å². The Morgan fingerprint density at radius 2 is 2.23 bits per heavy atom. The van der Waals surface area contributed by atoms with Crippen LogP contribution in [0.4, 0.5) is 0 Å². The lowest BCUT2D eigenvalue weighted by molar-refractivity contribution is 0.0624. The Kier molecular flexibility index (Phi) is 4.93. The fourth-order valence-corrected chi connectivity index (χ4v) is 3.42. The first-order valence-corrected chi connectivity index (χ1v) is 9.11. The van der Waals surface area contributed by atoms with E-state index in [1.165, 1.54) is 0 Å². The summed E-state index contributed by atoms with van der Waals surface area (Å²) in [6, 6.07) is 7.53. The lowest BCUT2D eigenvalue weighted by Gasteiger charge is -2.27. The van der Waals surface area contributed by atoms with E-state index in [1.807, 2.05) is 29.4 Å². The fourth-order valence-electron chi connectivity index (χ4n) is 2.98. The topological polar surface area (TPSA) is 46.6 Å². The van der Waals surface area contributed by atoms with Crippen LogP contribution in [0.3, 0.4) is 0 Å². The average Bonchev–Trinajstić information content (AvgIpc) is 3.15. The molecule has 0 unspecified atom stereocenters. The van der Waals surface area contributed by atoms with Crippen LogP contribution in [0.2, 0.25) is 0 Å². The van der Waals surface area contributed by atoms with Crippen molar-refractivity contribution < 1.29 is 13.6 Å². The SMILES string of the molecule is CSCc1ccc(C(=O)N2CCCCC[C@H]2c2ccco2)o1.